The fourth-order valence-electron chi connectivity index (χ4n) is 6.00. The van der Waals surface area contributed by atoms with Crippen molar-refractivity contribution in [2.45, 2.75) is 39.2 Å². The number of nitrogens with zero attached hydrogens (tertiary/aromatic N) is 4. The lowest BCUT2D eigenvalue weighted by molar-refractivity contribution is 0.0695. The van der Waals surface area contributed by atoms with Gasteiger partial charge in [-0.05, 0) is 56.1 Å². The number of urea groups is 1. The second-order valence-corrected chi connectivity index (χ2v) is 10.9. The van der Waals surface area contributed by atoms with Crippen LogP contribution in [0.25, 0.3) is 10.9 Å². The van der Waals surface area contributed by atoms with Crippen LogP contribution in [-0.4, -0.2) is 79.5 Å². The highest BCUT2D eigenvalue weighted by atomic mass is 16.5. The number of carbonyl (C=O) groups is 2. The number of carboxylic acid groups (broad SMARTS) is 1. The zero-order valence-corrected chi connectivity index (χ0v) is 24.9. The number of piperazine rings is 1. The Kier molecular flexibility index (Phi) is 9.16. The average molecular weight is 587 g/mol. The summed E-state index contributed by atoms with van der Waals surface area (Å²) < 4.78 is 12.3. The van der Waals surface area contributed by atoms with Crippen LogP contribution >= 0.6 is 0 Å². The number of hydrogen-bond donors (Lipinski definition) is 3. The molecule has 11 nitrogen and oxygen atoms in total. The van der Waals surface area contributed by atoms with Gasteiger partial charge in [-0.15, -0.1) is 0 Å². The van der Waals surface area contributed by atoms with E-state index in [1.54, 1.807) is 36.3 Å². The third kappa shape index (κ3) is 6.29. The molecule has 3 N–H and O–H groups in total. The quantitative estimate of drug-likeness (QED) is 0.331. The summed E-state index contributed by atoms with van der Waals surface area (Å²) in [6.07, 6.45) is 2.38. The number of methoxy groups -OCH3 is 1. The zero-order valence-electron chi connectivity index (χ0n) is 24.9. The molecule has 0 bridgehead atoms. The zero-order chi connectivity index (χ0) is 30.5. The molecule has 43 heavy (non-hydrogen) atoms. The molecule has 3 aromatic rings. The van der Waals surface area contributed by atoms with Gasteiger partial charge in [0.15, 0.2) is 11.5 Å². The highest BCUT2D eigenvalue weighted by molar-refractivity contribution is 6.06. The number of nitriles is 1. The molecule has 2 saturated heterocycles. The molecule has 3 heterocycles. The summed E-state index contributed by atoms with van der Waals surface area (Å²) in [6.45, 7) is 7.59. The Labute approximate surface area is 251 Å². The largest absolute Gasteiger partial charge is 0.493 e. The fourth-order valence-corrected chi connectivity index (χ4v) is 6.00. The Morgan fingerprint density at radius 2 is 1.91 bits per heavy atom. The number of amides is 2. The van der Waals surface area contributed by atoms with E-state index < -0.39 is 5.97 Å². The first-order valence-electron chi connectivity index (χ1n) is 14.8. The lowest BCUT2D eigenvalue weighted by atomic mass is 9.99. The number of aromatic carboxylic acids is 1. The summed E-state index contributed by atoms with van der Waals surface area (Å²) in [6, 6.07) is 12.2. The minimum absolute atomic E-state index is 0.0215. The molecule has 2 atom stereocenters. The van der Waals surface area contributed by atoms with Crippen molar-refractivity contribution in [3.8, 4) is 17.6 Å². The first-order chi connectivity index (χ1) is 20.9. The minimum atomic E-state index is -1.04. The molecule has 11 heteroatoms. The van der Waals surface area contributed by atoms with Crippen LogP contribution < -0.4 is 25.0 Å². The van der Waals surface area contributed by atoms with Gasteiger partial charge >= 0.3 is 12.0 Å². The molecule has 0 aliphatic carbocycles. The first kappa shape index (κ1) is 29.9. The van der Waals surface area contributed by atoms with Crippen molar-refractivity contribution in [3.05, 3.63) is 53.2 Å². The molecule has 0 saturated carbocycles. The molecule has 2 aliphatic rings. The molecule has 2 fully saturated rings. The predicted molar refractivity (Wildman–Crippen MR) is 164 cm³/mol. The highest BCUT2D eigenvalue weighted by Gasteiger charge is 2.30. The molecule has 0 radical (unpaired) electrons. The van der Waals surface area contributed by atoms with Gasteiger partial charge in [0, 0.05) is 55.8 Å². The summed E-state index contributed by atoms with van der Waals surface area (Å²) >= 11 is 0. The average Bonchev–Trinajstić information content (AvgIpc) is 3.57. The Balaban J connectivity index is 1.44. The maximum Gasteiger partial charge on any atom is 0.339 e. The van der Waals surface area contributed by atoms with E-state index in [0.717, 1.165) is 25.9 Å². The normalized spacial score (nSPS) is 17.4. The van der Waals surface area contributed by atoms with Crippen molar-refractivity contribution in [3.63, 3.8) is 0 Å². The van der Waals surface area contributed by atoms with Gasteiger partial charge < -0.3 is 35.0 Å². The van der Waals surface area contributed by atoms with Crippen LogP contribution in [0.1, 0.15) is 48.3 Å². The van der Waals surface area contributed by atoms with E-state index in [-0.39, 0.29) is 17.7 Å². The van der Waals surface area contributed by atoms with E-state index >= 15 is 0 Å². The molecule has 2 unspecified atom stereocenters. The van der Waals surface area contributed by atoms with Crippen molar-refractivity contribution < 1.29 is 24.2 Å². The predicted octanol–water partition coefficient (Wildman–Crippen LogP) is 4.50. The number of hydrogen-bond acceptors (Lipinski definition) is 8. The number of aromatic nitrogens is 1. The summed E-state index contributed by atoms with van der Waals surface area (Å²) in [5.41, 5.74) is 3.02. The molecule has 0 spiro atoms. The smallest absolute Gasteiger partial charge is 0.339 e. The van der Waals surface area contributed by atoms with Crippen LogP contribution in [0.15, 0.2) is 36.4 Å². The Bertz CT molecular complexity index is 1520. The first-order valence-corrected chi connectivity index (χ1v) is 14.8. The third-order valence-corrected chi connectivity index (χ3v) is 8.32. The van der Waals surface area contributed by atoms with Crippen LogP contribution in [-0.2, 0) is 6.42 Å². The van der Waals surface area contributed by atoms with E-state index in [0.29, 0.717) is 83.6 Å². The lowest BCUT2D eigenvalue weighted by Crippen LogP contribution is -2.50. The molecular weight excluding hydrogens is 548 g/mol. The molecule has 1 aromatic heterocycles. The maximum absolute atomic E-state index is 13.0. The number of carboxylic acids is 1. The lowest BCUT2D eigenvalue weighted by Gasteiger charge is -2.37. The van der Waals surface area contributed by atoms with Gasteiger partial charge in [0.25, 0.3) is 0 Å². The summed E-state index contributed by atoms with van der Waals surface area (Å²) in [5.74, 6) is 0.490. The van der Waals surface area contributed by atoms with E-state index in [1.165, 1.54) is 0 Å². The Morgan fingerprint density at radius 3 is 2.49 bits per heavy atom. The molecule has 2 amide bonds. The van der Waals surface area contributed by atoms with Gasteiger partial charge in [-0.1, -0.05) is 13.8 Å². The number of nitrogens with one attached hydrogen (secondary N) is 2. The second kappa shape index (κ2) is 13.2. The molecule has 226 valence electrons. The van der Waals surface area contributed by atoms with Gasteiger partial charge in [-0.25, -0.2) is 9.59 Å². The van der Waals surface area contributed by atoms with Gasteiger partial charge in [-0.3, -0.25) is 4.98 Å². The maximum atomic E-state index is 13.0. The fraction of sp³-hybridized carbons (Fsp3) is 0.438. The summed E-state index contributed by atoms with van der Waals surface area (Å²) in [5, 5.41) is 26.3. The van der Waals surface area contributed by atoms with E-state index in [1.807, 2.05) is 24.0 Å². The standard InChI is InChI=1S/C32H38N6O5/c1-4-24-29(31(39)40)30(37-12-14-38(15-13-37)32(41)35-22-8-6-20(18-33)7-9-22)23-16-27(42-3)28(17-25(23)36-24)43-26(5-2)21-10-11-34-19-21/h6-9,16-17,21,26,34H,4-5,10-15,19H2,1-3H3,(H,35,41)(H,39,40). The summed E-state index contributed by atoms with van der Waals surface area (Å²) in [7, 11) is 1.59. The Hall–Kier alpha value is -4.56. The van der Waals surface area contributed by atoms with Gasteiger partial charge in [0.2, 0.25) is 0 Å². The van der Waals surface area contributed by atoms with Crippen molar-refractivity contribution >= 4 is 34.3 Å². The van der Waals surface area contributed by atoms with Crippen molar-refractivity contribution in [2.75, 3.05) is 56.6 Å². The minimum Gasteiger partial charge on any atom is -0.493 e. The number of aryl methyl sites for hydroxylation is 1. The third-order valence-electron chi connectivity index (χ3n) is 8.32. The highest BCUT2D eigenvalue weighted by Crippen LogP contribution is 2.40. The molecular formula is C32H38N6O5. The van der Waals surface area contributed by atoms with Crippen LogP contribution in [0.3, 0.4) is 0 Å². The number of benzene rings is 2. The topological polar surface area (TPSA) is 140 Å². The number of rotatable bonds is 9. The van der Waals surface area contributed by atoms with Crippen LogP contribution in [0.2, 0.25) is 0 Å². The van der Waals surface area contributed by atoms with Gasteiger partial charge in [0.1, 0.15) is 11.7 Å². The van der Waals surface area contributed by atoms with Crippen LogP contribution in [0.4, 0.5) is 16.2 Å². The van der Waals surface area contributed by atoms with Crippen molar-refractivity contribution in [1.29, 1.82) is 5.26 Å². The van der Waals surface area contributed by atoms with Crippen LogP contribution in [0.5, 0.6) is 11.5 Å². The number of pyridine rings is 1. The molecule has 5 rings (SSSR count). The van der Waals surface area contributed by atoms with Gasteiger partial charge in [-0.2, -0.15) is 5.26 Å². The number of carbonyl (C=O) groups excluding carboxylic acids is 1. The van der Waals surface area contributed by atoms with E-state index in [4.69, 9.17) is 19.7 Å². The number of ether oxygens (including phenoxy) is 2. The van der Waals surface area contributed by atoms with Crippen molar-refractivity contribution in [1.82, 2.24) is 15.2 Å². The summed E-state index contributed by atoms with van der Waals surface area (Å²) in [4.78, 5) is 34.1. The SMILES string of the molecule is CCc1nc2cc(OC(CC)C3CCNC3)c(OC)cc2c(N2CCN(C(=O)Nc3ccc(C#N)cc3)CC2)c1C(=O)O. The van der Waals surface area contributed by atoms with E-state index in [9.17, 15) is 14.7 Å². The molecule has 2 aromatic carbocycles. The van der Waals surface area contributed by atoms with E-state index in [2.05, 4.69) is 23.6 Å². The van der Waals surface area contributed by atoms with Crippen molar-refractivity contribution in [2.24, 2.45) is 5.92 Å². The Morgan fingerprint density at radius 1 is 1.16 bits per heavy atom. The number of fused-ring (bicyclic) bond motifs is 1. The molecule has 2 aliphatic heterocycles. The van der Waals surface area contributed by atoms with Crippen LogP contribution in [0, 0.1) is 17.2 Å². The second-order valence-electron chi connectivity index (χ2n) is 10.9. The monoisotopic (exact) mass is 586 g/mol. The number of anilines is 2. The van der Waals surface area contributed by atoms with Gasteiger partial charge in [0.05, 0.1) is 35.6 Å².